The topological polar surface area (TPSA) is 41.6 Å². The monoisotopic (exact) mass is 332 g/mol. The first-order valence-corrected chi connectivity index (χ1v) is 6.89. The molecule has 0 unspecified atom stereocenters. The van der Waals surface area contributed by atoms with Crippen molar-refractivity contribution in [1.29, 1.82) is 0 Å². The van der Waals surface area contributed by atoms with E-state index in [1.54, 1.807) is 17.0 Å². The summed E-state index contributed by atoms with van der Waals surface area (Å²) >= 11 is 9.28. The highest BCUT2D eigenvalue weighted by molar-refractivity contribution is 9.10. The second kappa shape index (κ2) is 6.41. The van der Waals surface area contributed by atoms with Crippen molar-refractivity contribution in [2.45, 2.75) is 6.61 Å². The molecule has 98 valence electrons. The van der Waals surface area contributed by atoms with Gasteiger partial charge in [0.05, 0.1) is 0 Å². The Morgan fingerprint density at radius 3 is 2.78 bits per heavy atom. The van der Waals surface area contributed by atoms with Gasteiger partial charge in [-0.25, -0.2) is 4.79 Å². The molecule has 1 fully saturated rings. The Morgan fingerprint density at radius 2 is 2.11 bits per heavy atom. The summed E-state index contributed by atoms with van der Waals surface area (Å²) in [5, 5.41) is 3.81. The van der Waals surface area contributed by atoms with E-state index in [1.165, 1.54) is 0 Å². The zero-order valence-electron chi connectivity index (χ0n) is 9.79. The van der Waals surface area contributed by atoms with Crippen molar-refractivity contribution in [2.24, 2.45) is 0 Å². The molecule has 6 heteroatoms. The number of amides is 1. The number of nitrogens with zero attached hydrogens (tertiary/aromatic N) is 1. The van der Waals surface area contributed by atoms with Crippen molar-refractivity contribution in [3.63, 3.8) is 0 Å². The number of ether oxygens (including phenoxy) is 1. The average Bonchev–Trinajstić information content (AvgIpc) is 2.36. The Morgan fingerprint density at radius 1 is 1.39 bits per heavy atom. The molecule has 4 nitrogen and oxygen atoms in total. The molecule has 0 spiro atoms. The van der Waals surface area contributed by atoms with Crippen LogP contribution in [0.3, 0.4) is 0 Å². The molecule has 0 saturated carbocycles. The van der Waals surface area contributed by atoms with E-state index in [9.17, 15) is 4.79 Å². The second-order valence-electron chi connectivity index (χ2n) is 4.07. The van der Waals surface area contributed by atoms with Crippen LogP contribution < -0.4 is 5.32 Å². The van der Waals surface area contributed by atoms with Crippen molar-refractivity contribution >= 4 is 33.6 Å². The minimum absolute atomic E-state index is 0.238. The van der Waals surface area contributed by atoms with Crippen molar-refractivity contribution in [1.82, 2.24) is 10.2 Å². The molecule has 2 rings (SSSR count). The number of carbonyl (C=O) groups excluding carboxylic acids is 1. The van der Waals surface area contributed by atoms with Crippen LogP contribution in [0.5, 0.6) is 0 Å². The molecule has 1 aromatic rings. The maximum atomic E-state index is 11.8. The van der Waals surface area contributed by atoms with Gasteiger partial charge in [0.15, 0.2) is 0 Å². The molecule has 1 heterocycles. The number of hydrogen-bond acceptors (Lipinski definition) is 3. The number of piperazine rings is 1. The van der Waals surface area contributed by atoms with E-state index >= 15 is 0 Å². The van der Waals surface area contributed by atoms with Crippen LogP contribution in [0.4, 0.5) is 4.79 Å². The van der Waals surface area contributed by atoms with Crippen LogP contribution in [0.1, 0.15) is 5.56 Å². The largest absolute Gasteiger partial charge is 0.445 e. The zero-order chi connectivity index (χ0) is 13.0. The summed E-state index contributed by atoms with van der Waals surface area (Å²) in [5.41, 5.74) is 0.873. The minimum Gasteiger partial charge on any atom is -0.445 e. The van der Waals surface area contributed by atoms with Gasteiger partial charge in [-0.2, -0.15) is 0 Å². The molecule has 1 aliphatic heterocycles. The van der Waals surface area contributed by atoms with E-state index in [1.807, 2.05) is 6.07 Å². The minimum atomic E-state index is -0.271. The summed E-state index contributed by atoms with van der Waals surface area (Å²) in [5.74, 6) is 0. The highest BCUT2D eigenvalue weighted by Gasteiger charge is 2.17. The van der Waals surface area contributed by atoms with Gasteiger partial charge >= 0.3 is 6.09 Å². The third-order valence-corrected chi connectivity index (χ3v) is 3.34. The number of benzene rings is 1. The summed E-state index contributed by atoms with van der Waals surface area (Å²) in [6, 6.07) is 5.47. The summed E-state index contributed by atoms with van der Waals surface area (Å²) < 4.78 is 6.14. The predicted octanol–water partition coefficient (Wildman–Crippen LogP) is 2.64. The number of nitrogens with one attached hydrogen (secondary N) is 1. The molecule has 0 bridgehead atoms. The summed E-state index contributed by atoms with van der Waals surface area (Å²) in [4.78, 5) is 13.5. The lowest BCUT2D eigenvalue weighted by molar-refractivity contribution is 0.0918. The molecule has 1 aliphatic rings. The fourth-order valence-corrected chi connectivity index (χ4v) is 2.71. The van der Waals surface area contributed by atoms with Crippen LogP contribution in [0.2, 0.25) is 5.02 Å². The quantitative estimate of drug-likeness (QED) is 0.904. The van der Waals surface area contributed by atoms with Gasteiger partial charge in [0.25, 0.3) is 0 Å². The van der Waals surface area contributed by atoms with Gasteiger partial charge in [0.1, 0.15) is 6.61 Å². The van der Waals surface area contributed by atoms with Crippen molar-refractivity contribution in [2.75, 3.05) is 26.2 Å². The van der Waals surface area contributed by atoms with Crippen molar-refractivity contribution in [3.05, 3.63) is 33.3 Å². The van der Waals surface area contributed by atoms with E-state index in [0.29, 0.717) is 18.1 Å². The SMILES string of the molecule is O=C(OCc1cc(Cl)cc(Br)c1)N1CCNCC1. The van der Waals surface area contributed by atoms with E-state index in [0.717, 1.165) is 23.1 Å². The van der Waals surface area contributed by atoms with Crippen LogP contribution in [-0.2, 0) is 11.3 Å². The molecule has 1 saturated heterocycles. The molecular weight excluding hydrogens is 320 g/mol. The molecule has 1 aromatic carbocycles. The smallest absolute Gasteiger partial charge is 0.410 e. The molecule has 0 radical (unpaired) electrons. The van der Waals surface area contributed by atoms with Crippen LogP contribution in [0, 0.1) is 0 Å². The standard InChI is InChI=1S/C12H14BrClN2O2/c13-10-5-9(6-11(14)7-10)8-18-12(17)16-3-1-15-2-4-16/h5-7,15H,1-4,8H2. The van der Waals surface area contributed by atoms with Crippen molar-refractivity contribution in [3.8, 4) is 0 Å². The third-order valence-electron chi connectivity index (χ3n) is 2.66. The van der Waals surface area contributed by atoms with Gasteiger partial charge in [-0.05, 0) is 23.8 Å². The van der Waals surface area contributed by atoms with E-state index in [4.69, 9.17) is 16.3 Å². The van der Waals surface area contributed by atoms with Crippen LogP contribution in [0.25, 0.3) is 0 Å². The molecule has 1 N–H and O–H groups in total. The van der Waals surface area contributed by atoms with E-state index < -0.39 is 0 Å². The van der Waals surface area contributed by atoms with Gasteiger partial charge in [0, 0.05) is 35.7 Å². The number of carbonyl (C=O) groups is 1. The molecule has 18 heavy (non-hydrogen) atoms. The van der Waals surface area contributed by atoms with E-state index in [2.05, 4.69) is 21.2 Å². The number of halogens is 2. The fraction of sp³-hybridized carbons (Fsp3) is 0.417. The lowest BCUT2D eigenvalue weighted by Crippen LogP contribution is -2.46. The first-order valence-electron chi connectivity index (χ1n) is 5.72. The Hall–Kier alpha value is -0.780. The summed E-state index contributed by atoms with van der Waals surface area (Å²) in [7, 11) is 0. The van der Waals surface area contributed by atoms with Gasteiger partial charge < -0.3 is 15.0 Å². The van der Waals surface area contributed by atoms with E-state index in [-0.39, 0.29) is 12.7 Å². The van der Waals surface area contributed by atoms with Crippen LogP contribution in [-0.4, -0.2) is 37.2 Å². The summed E-state index contributed by atoms with van der Waals surface area (Å²) in [6.07, 6.45) is -0.271. The molecule has 0 aliphatic carbocycles. The fourth-order valence-electron chi connectivity index (χ4n) is 1.78. The Bertz CT molecular complexity index is 416. The maximum absolute atomic E-state index is 11.8. The molecule has 0 atom stereocenters. The van der Waals surface area contributed by atoms with Crippen molar-refractivity contribution < 1.29 is 9.53 Å². The van der Waals surface area contributed by atoms with Gasteiger partial charge in [-0.3, -0.25) is 0 Å². The van der Waals surface area contributed by atoms with Gasteiger partial charge in [-0.15, -0.1) is 0 Å². The van der Waals surface area contributed by atoms with Crippen LogP contribution in [0.15, 0.2) is 22.7 Å². The number of rotatable bonds is 2. The highest BCUT2D eigenvalue weighted by atomic mass is 79.9. The predicted molar refractivity (Wildman–Crippen MR) is 73.8 cm³/mol. The Labute approximate surface area is 119 Å². The Balaban J connectivity index is 1.88. The molecule has 0 aromatic heterocycles. The number of hydrogen-bond donors (Lipinski definition) is 1. The van der Waals surface area contributed by atoms with Gasteiger partial charge in [-0.1, -0.05) is 27.5 Å². The molecular formula is C12H14BrClN2O2. The maximum Gasteiger partial charge on any atom is 0.410 e. The lowest BCUT2D eigenvalue weighted by atomic mass is 10.2. The Kier molecular flexibility index (Phi) is 4.86. The highest BCUT2D eigenvalue weighted by Crippen LogP contribution is 2.20. The second-order valence-corrected chi connectivity index (χ2v) is 5.42. The lowest BCUT2D eigenvalue weighted by Gasteiger charge is -2.26. The normalized spacial score (nSPS) is 15.6. The summed E-state index contributed by atoms with van der Waals surface area (Å²) in [6.45, 7) is 3.26. The molecule has 1 amide bonds. The first-order chi connectivity index (χ1) is 8.65. The average molecular weight is 334 g/mol. The third kappa shape index (κ3) is 3.86. The van der Waals surface area contributed by atoms with Gasteiger partial charge in [0.2, 0.25) is 0 Å². The first kappa shape index (κ1) is 13.6. The van der Waals surface area contributed by atoms with Crippen LogP contribution >= 0.6 is 27.5 Å². The zero-order valence-corrected chi connectivity index (χ0v) is 12.1.